The molecule has 8 heteroatoms. The van der Waals surface area contributed by atoms with E-state index in [9.17, 15) is 4.79 Å². The molecular formula is C13H22N6OS. The Hall–Kier alpha value is -1.54. The topological polar surface area (TPSA) is 96.2 Å². The van der Waals surface area contributed by atoms with Crippen molar-refractivity contribution in [3.05, 3.63) is 6.07 Å². The lowest BCUT2D eigenvalue weighted by Crippen LogP contribution is -2.38. The summed E-state index contributed by atoms with van der Waals surface area (Å²) in [5.41, 5.74) is 2.58. The number of rotatable bonds is 5. The van der Waals surface area contributed by atoms with Crippen molar-refractivity contribution in [2.75, 3.05) is 36.2 Å². The van der Waals surface area contributed by atoms with Gasteiger partial charge in [0.15, 0.2) is 5.16 Å². The molecular weight excluding hydrogens is 288 g/mol. The Morgan fingerprint density at radius 1 is 1.48 bits per heavy atom. The third-order valence-electron chi connectivity index (χ3n) is 3.60. The Bertz CT molecular complexity index is 467. The number of piperidine rings is 1. The minimum atomic E-state index is 0.0384. The average molecular weight is 310 g/mol. The second-order valence-corrected chi connectivity index (χ2v) is 5.88. The van der Waals surface area contributed by atoms with Crippen molar-refractivity contribution >= 4 is 29.3 Å². The van der Waals surface area contributed by atoms with Gasteiger partial charge in [-0.15, -0.1) is 0 Å². The van der Waals surface area contributed by atoms with Crippen LogP contribution in [0.3, 0.4) is 0 Å². The minimum absolute atomic E-state index is 0.0384. The summed E-state index contributed by atoms with van der Waals surface area (Å²) in [5.74, 6) is 7.57. The number of nitrogens with one attached hydrogen (secondary N) is 2. The van der Waals surface area contributed by atoms with Gasteiger partial charge in [0.05, 0.1) is 0 Å². The zero-order valence-electron chi connectivity index (χ0n) is 12.4. The number of hydrazine groups is 1. The van der Waals surface area contributed by atoms with Crippen LogP contribution in [0.1, 0.15) is 19.8 Å². The van der Waals surface area contributed by atoms with E-state index in [1.807, 2.05) is 12.3 Å². The van der Waals surface area contributed by atoms with Gasteiger partial charge in [-0.25, -0.2) is 15.8 Å². The van der Waals surface area contributed by atoms with Crippen LogP contribution in [0.25, 0.3) is 0 Å². The van der Waals surface area contributed by atoms with E-state index in [1.165, 1.54) is 11.8 Å². The van der Waals surface area contributed by atoms with Gasteiger partial charge in [0, 0.05) is 32.6 Å². The van der Waals surface area contributed by atoms with Gasteiger partial charge in [0.2, 0.25) is 5.91 Å². The van der Waals surface area contributed by atoms with E-state index in [0.717, 1.165) is 38.3 Å². The lowest BCUT2D eigenvalue weighted by atomic mass is 9.97. The number of hydrogen-bond donors (Lipinski definition) is 3. The van der Waals surface area contributed by atoms with Gasteiger partial charge in [0.25, 0.3) is 0 Å². The maximum absolute atomic E-state index is 11.0. The van der Waals surface area contributed by atoms with E-state index >= 15 is 0 Å². The molecule has 21 heavy (non-hydrogen) atoms. The quantitative estimate of drug-likeness (QED) is 0.321. The molecule has 1 amide bonds. The summed E-state index contributed by atoms with van der Waals surface area (Å²) in [6.45, 7) is 4.18. The molecule has 0 unspecified atom stereocenters. The Labute approximate surface area is 129 Å². The summed E-state index contributed by atoms with van der Waals surface area (Å²) in [7, 11) is 0. The van der Waals surface area contributed by atoms with E-state index in [-0.39, 0.29) is 5.91 Å². The fraction of sp³-hybridized carbons (Fsp3) is 0.615. The molecule has 0 atom stereocenters. The molecule has 0 aromatic carbocycles. The van der Waals surface area contributed by atoms with Crippen molar-refractivity contribution in [2.24, 2.45) is 11.8 Å². The molecule has 1 aliphatic heterocycles. The van der Waals surface area contributed by atoms with E-state index in [4.69, 9.17) is 5.84 Å². The van der Waals surface area contributed by atoms with Crippen LogP contribution in [0.2, 0.25) is 0 Å². The molecule has 1 aromatic rings. The maximum Gasteiger partial charge on any atom is 0.216 e. The lowest BCUT2D eigenvalue weighted by Gasteiger charge is -2.33. The number of aromatic nitrogens is 2. The van der Waals surface area contributed by atoms with Crippen LogP contribution in [-0.2, 0) is 4.79 Å². The van der Waals surface area contributed by atoms with Crippen LogP contribution in [-0.4, -0.2) is 41.8 Å². The van der Waals surface area contributed by atoms with Gasteiger partial charge in [-0.05, 0) is 25.0 Å². The fourth-order valence-corrected chi connectivity index (χ4v) is 2.77. The van der Waals surface area contributed by atoms with Gasteiger partial charge in [-0.1, -0.05) is 11.8 Å². The molecule has 0 bridgehead atoms. The van der Waals surface area contributed by atoms with Crippen LogP contribution in [0.15, 0.2) is 11.2 Å². The highest BCUT2D eigenvalue weighted by Gasteiger charge is 2.21. The molecule has 1 saturated heterocycles. The summed E-state index contributed by atoms with van der Waals surface area (Å²) in [5, 5.41) is 3.60. The van der Waals surface area contributed by atoms with Gasteiger partial charge in [-0.2, -0.15) is 0 Å². The van der Waals surface area contributed by atoms with Crippen LogP contribution in [0.5, 0.6) is 0 Å². The molecule has 0 aliphatic carbocycles. The van der Waals surface area contributed by atoms with Crippen molar-refractivity contribution in [1.29, 1.82) is 0 Å². The first-order valence-electron chi connectivity index (χ1n) is 7.01. The molecule has 0 spiro atoms. The SMILES string of the molecule is CSc1nc(NN)cc(N2CCC(CNC(C)=O)CC2)n1. The van der Waals surface area contributed by atoms with Gasteiger partial charge in [-0.3, -0.25) is 4.79 Å². The van der Waals surface area contributed by atoms with Crippen molar-refractivity contribution in [3.8, 4) is 0 Å². The van der Waals surface area contributed by atoms with Crippen LogP contribution in [0, 0.1) is 5.92 Å². The summed E-state index contributed by atoms with van der Waals surface area (Å²) in [4.78, 5) is 22.0. The predicted octanol–water partition coefficient (Wildman–Crippen LogP) is 0.837. The molecule has 0 saturated carbocycles. The standard InChI is InChI=1S/C13H22N6OS/c1-9(20)15-8-10-3-5-19(6-4-10)12-7-11(18-14)16-13(17-12)21-2/h7,10H,3-6,8,14H2,1-2H3,(H,15,20)(H,16,17,18). The average Bonchev–Trinajstić information content (AvgIpc) is 2.52. The van der Waals surface area contributed by atoms with E-state index in [0.29, 0.717) is 16.9 Å². The zero-order chi connectivity index (χ0) is 15.2. The van der Waals surface area contributed by atoms with Crippen molar-refractivity contribution in [1.82, 2.24) is 15.3 Å². The minimum Gasteiger partial charge on any atom is -0.356 e. The number of thioether (sulfide) groups is 1. The van der Waals surface area contributed by atoms with Crippen molar-refractivity contribution in [3.63, 3.8) is 0 Å². The van der Waals surface area contributed by atoms with Crippen LogP contribution in [0.4, 0.5) is 11.6 Å². The molecule has 1 aliphatic rings. The highest BCUT2D eigenvalue weighted by molar-refractivity contribution is 7.98. The van der Waals surface area contributed by atoms with Gasteiger partial charge >= 0.3 is 0 Å². The van der Waals surface area contributed by atoms with Crippen LogP contribution >= 0.6 is 11.8 Å². The highest BCUT2D eigenvalue weighted by atomic mass is 32.2. The number of carbonyl (C=O) groups excluding carboxylic acids is 1. The first-order valence-corrected chi connectivity index (χ1v) is 8.24. The third-order valence-corrected chi connectivity index (χ3v) is 4.15. The summed E-state index contributed by atoms with van der Waals surface area (Å²) >= 11 is 1.50. The second-order valence-electron chi connectivity index (χ2n) is 5.11. The Kier molecular flexibility index (Phi) is 5.63. The zero-order valence-corrected chi connectivity index (χ0v) is 13.2. The number of nitrogens with zero attached hydrogens (tertiary/aromatic N) is 3. The van der Waals surface area contributed by atoms with Crippen LogP contribution < -0.4 is 21.5 Å². The Morgan fingerprint density at radius 2 is 2.19 bits per heavy atom. The summed E-state index contributed by atoms with van der Waals surface area (Å²) in [6, 6.07) is 1.87. The van der Waals surface area contributed by atoms with Gasteiger partial charge < -0.3 is 15.6 Å². The second kappa shape index (κ2) is 7.46. The molecule has 2 heterocycles. The van der Waals surface area contributed by atoms with E-state index < -0.39 is 0 Å². The highest BCUT2D eigenvalue weighted by Crippen LogP contribution is 2.24. The fourth-order valence-electron chi connectivity index (χ4n) is 2.39. The first kappa shape index (κ1) is 15.8. The summed E-state index contributed by atoms with van der Waals surface area (Å²) < 4.78 is 0. The third kappa shape index (κ3) is 4.47. The molecule has 4 N–H and O–H groups in total. The largest absolute Gasteiger partial charge is 0.356 e. The predicted molar refractivity (Wildman–Crippen MR) is 85.2 cm³/mol. The van der Waals surface area contributed by atoms with Crippen molar-refractivity contribution < 1.29 is 4.79 Å². The first-order chi connectivity index (χ1) is 10.1. The Morgan fingerprint density at radius 3 is 2.76 bits per heavy atom. The molecule has 2 rings (SSSR count). The number of carbonyl (C=O) groups is 1. The molecule has 7 nitrogen and oxygen atoms in total. The number of nitrogens with two attached hydrogens (primary N) is 1. The monoisotopic (exact) mass is 310 g/mol. The summed E-state index contributed by atoms with van der Waals surface area (Å²) in [6.07, 6.45) is 4.04. The molecule has 0 radical (unpaired) electrons. The lowest BCUT2D eigenvalue weighted by molar-refractivity contribution is -0.119. The van der Waals surface area contributed by atoms with Gasteiger partial charge in [0.1, 0.15) is 11.6 Å². The maximum atomic E-state index is 11.0. The van der Waals surface area contributed by atoms with E-state index in [1.54, 1.807) is 6.92 Å². The van der Waals surface area contributed by atoms with E-state index in [2.05, 4.69) is 25.6 Å². The molecule has 1 fully saturated rings. The molecule has 1 aromatic heterocycles. The number of hydrogen-bond acceptors (Lipinski definition) is 7. The molecule has 116 valence electrons. The number of amides is 1. The normalized spacial score (nSPS) is 15.9. The number of anilines is 2. The van der Waals surface area contributed by atoms with Crippen molar-refractivity contribution in [2.45, 2.75) is 24.9 Å². The Balaban J connectivity index is 1.96. The number of nitrogen functional groups attached to an aromatic ring is 1. The smallest absolute Gasteiger partial charge is 0.216 e.